The van der Waals surface area contributed by atoms with Gasteiger partial charge in [-0.2, -0.15) is 9.97 Å². The van der Waals surface area contributed by atoms with Crippen LogP contribution in [0, 0.1) is 28.5 Å². The molecule has 2 aromatic carbocycles. The third-order valence-corrected chi connectivity index (χ3v) is 21.8. The van der Waals surface area contributed by atoms with Gasteiger partial charge in [0, 0.05) is 63.3 Å². The largest absolute Gasteiger partial charge is 0.468 e. The second kappa shape index (κ2) is 17.3. The zero-order chi connectivity index (χ0) is 48.9. The van der Waals surface area contributed by atoms with Crippen molar-refractivity contribution >= 4 is 41.7 Å². The molecule has 5 fully saturated rings. The van der Waals surface area contributed by atoms with Crippen LogP contribution in [0.3, 0.4) is 0 Å². The lowest BCUT2D eigenvalue weighted by molar-refractivity contribution is 0.0122. The van der Waals surface area contributed by atoms with Gasteiger partial charge in [0.25, 0.3) is 5.92 Å². The molecule has 11 nitrogen and oxygen atoms in total. The predicted molar refractivity (Wildman–Crippen MR) is 254 cm³/mol. The average molecular weight is 963 g/mol. The lowest BCUT2D eigenvalue weighted by Gasteiger charge is -2.42. The molecule has 4 aliphatic heterocycles. The molecule has 1 saturated carbocycles. The number of methoxy groups -OCH3 is 1. The molecular weight excluding hydrogens is 900 g/mol. The van der Waals surface area contributed by atoms with Crippen LogP contribution in [0.2, 0.25) is 16.6 Å². The van der Waals surface area contributed by atoms with Crippen molar-refractivity contribution in [1.82, 2.24) is 24.8 Å². The number of alkyl halides is 3. The van der Waals surface area contributed by atoms with Crippen molar-refractivity contribution in [2.24, 2.45) is 5.41 Å². The van der Waals surface area contributed by atoms with E-state index in [-0.39, 0.29) is 108 Å². The van der Waals surface area contributed by atoms with Crippen molar-refractivity contribution in [2.75, 3.05) is 51.6 Å². The maximum Gasteiger partial charge on any atom is 0.410 e. The molecular formula is C51H63F5N6O5Si. The van der Waals surface area contributed by atoms with Crippen LogP contribution in [0.4, 0.5) is 32.6 Å². The Kier molecular flexibility index (Phi) is 12.2. The Bertz CT molecular complexity index is 2670. The number of ether oxygens (including phenoxy) is 4. The second-order valence-corrected chi connectivity index (χ2v) is 27.5. The van der Waals surface area contributed by atoms with E-state index in [0.29, 0.717) is 48.3 Å². The van der Waals surface area contributed by atoms with Crippen molar-refractivity contribution in [3.8, 4) is 34.5 Å². The zero-order valence-electron chi connectivity index (χ0n) is 40.7. The van der Waals surface area contributed by atoms with Crippen LogP contribution in [0.5, 0.6) is 11.8 Å². The number of carbonyl (C=O) groups excluding carboxylic acids is 1. The van der Waals surface area contributed by atoms with Gasteiger partial charge in [-0.1, -0.05) is 53.5 Å². The summed E-state index contributed by atoms with van der Waals surface area (Å²) in [7, 11) is -0.894. The number of aromatic nitrogens is 3. The third-order valence-electron chi connectivity index (χ3n) is 15.5. The van der Waals surface area contributed by atoms with Crippen LogP contribution in [-0.4, -0.2) is 121 Å². The van der Waals surface area contributed by atoms with E-state index in [1.165, 1.54) is 19.4 Å². The number of fused-ring (bicyclic) bond motifs is 5. The van der Waals surface area contributed by atoms with E-state index in [1.54, 1.807) is 28.0 Å². The summed E-state index contributed by atoms with van der Waals surface area (Å²) in [5.74, 6) is -0.325. The SMILES string of the molecule is COCOc1cc(-c2ncc3c(N4CC5CCC(C4)N5C(=O)OC(C)(C)C)nc(OC[C@@]45C[C@@H](F)CN4C[C@]4(CC4(F)F)C5)nc3c2F)c2c(C#C[Si](C(C)C)(C(C)C)C(C)C)c(F)ccc2c1. The predicted octanol–water partition coefficient (Wildman–Crippen LogP) is 10.9. The number of anilines is 1. The molecule has 1 aliphatic carbocycles. The number of nitrogens with zero attached hydrogens (tertiary/aromatic N) is 6. The smallest absolute Gasteiger partial charge is 0.410 e. The summed E-state index contributed by atoms with van der Waals surface area (Å²) >= 11 is 0. The van der Waals surface area contributed by atoms with Crippen LogP contribution in [0.1, 0.15) is 100.0 Å². The Morgan fingerprint density at radius 2 is 1.63 bits per heavy atom. The quantitative estimate of drug-likeness (QED) is 0.0625. The van der Waals surface area contributed by atoms with Gasteiger partial charge in [0.15, 0.2) is 12.6 Å². The first-order chi connectivity index (χ1) is 32.0. The van der Waals surface area contributed by atoms with Crippen LogP contribution in [-0.2, 0) is 9.47 Å². The summed E-state index contributed by atoms with van der Waals surface area (Å²) in [6, 6.07) is 5.59. The molecule has 1 spiro atoms. The molecule has 2 bridgehead atoms. The minimum absolute atomic E-state index is 0.00907. The van der Waals surface area contributed by atoms with Crippen molar-refractivity contribution in [1.29, 1.82) is 0 Å². The Labute approximate surface area is 396 Å². The van der Waals surface area contributed by atoms with Gasteiger partial charge in [0.1, 0.15) is 55.0 Å². The van der Waals surface area contributed by atoms with Crippen LogP contribution >= 0.6 is 0 Å². The molecule has 5 aliphatic rings. The summed E-state index contributed by atoms with van der Waals surface area (Å²) in [5, 5.41) is 1.15. The molecule has 2 unspecified atom stereocenters. The van der Waals surface area contributed by atoms with Gasteiger partial charge in [0.05, 0.1) is 34.0 Å². The van der Waals surface area contributed by atoms with E-state index in [2.05, 4.69) is 58.0 Å². The Balaban J connectivity index is 1.19. The fraction of sp³-hybridized carbons (Fsp3) is 0.608. The number of rotatable bonds is 11. The summed E-state index contributed by atoms with van der Waals surface area (Å²) in [6.07, 6.45) is 1.09. The highest BCUT2D eigenvalue weighted by atomic mass is 28.3. The number of halogens is 5. The summed E-state index contributed by atoms with van der Waals surface area (Å²) in [4.78, 5) is 33.3. The summed E-state index contributed by atoms with van der Waals surface area (Å²) in [5.41, 5.74) is 1.51. The van der Waals surface area contributed by atoms with Crippen LogP contribution < -0.4 is 14.4 Å². The van der Waals surface area contributed by atoms with Gasteiger partial charge >= 0.3 is 12.1 Å². The maximum atomic E-state index is 18.0. The number of hydrogen-bond acceptors (Lipinski definition) is 10. The number of carbonyl (C=O) groups is 1. The van der Waals surface area contributed by atoms with Crippen molar-refractivity contribution in [2.45, 2.75) is 146 Å². The second-order valence-electron chi connectivity index (χ2n) is 21.9. The van der Waals surface area contributed by atoms with E-state index in [9.17, 15) is 13.6 Å². The highest BCUT2D eigenvalue weighted by Crippen LogP contribution is 2.69. The number of pyridine rings is 1. The van der Waals surface area contributed by atoms with E-state index >= 15 is 13.2 Å². The van der Waals surface area contributed by atoms with Gasteiger partial charge in [-0.25, -0.2) is 26.7 Å². The maximum absolute atomic E-state index is 18.0. The molecule has 1 amide bonds. The molecule has 68 heavy (non-hydrogen) atoms. The van der Waals surface area contributed by atoms with E-state index < -0.39 is 54.5 Å². The molecule has 5 atom stereocenters. The van der Waals surface area contributed by atoms with Gasteiger partial charge in [0.2, 0.25) is 0 Å². The molecule has 0 N–H and O–H groups in total. The number of benzene rings is 2. The Hall–Kier alpha value is -4.79. The van der Waals surface area contributed by atoms with Crippen molar-refractivity contribution < 1.29 is 45.7 Å². The molecule has 4 aromatic rings. The third kappa shape index (κ3) is 8.23. The number of piperazine rings is 1. The summed E-state index contributed by atoms with van der Waals surface area (Å²) < 4.78 is 102. The van der Waals surface area contributed by atoms with E-state index in [1.807, 2.05) is 25.7 Å². The minimum atomic E-state index is -2.84. The monoisotopic (exact) mass is 962 g/mol. The number of amides is 1. The fourth-order valence-electron chi connectivity index (χ4n) is 12.4. The lowest BCUT2D eigenvalue weighted by Crippen LogP contribution is -2.57. The molecule has 2 aromatic heterocycles. The van der Waals surface area contributed by atoms with Gasteiger partial charge in [-0.15, -0.1) is 5.54 Å². The molecule has 366 valence electrons. The van der Waals surface area contributed by atoms with Gasteiger partial charge < -0.3 is 23.8 Å². The standard InChI is InChI=1S/C51H63F5N6O5Si/c1-29(2)68(30(3)4,31(5)6)16-15-37-40(53)14-11-32-17-36(66-28-64-10)18-38(41(32)37)43-42(54)44-39(20-57-43)45(60-22-34-12-13-35(23-60)62(34)47(63)67-48(7,8)9)59-46(58-44)65-27-50-19-33(52)21-61(50)26-49(24-50)25-51(49,55)56/h11,14,17-18,20,29-31,33-35H,12-13,19,21-28H2,1-10H3/t33-,34?,35?,49-,50+/m1/s1. The summed E-state index contributed by atoms with van der Waals surface area (Å²) in [6.45, 7) is 19.0. The molecule has 17 heteroatoms. The minimum Gasteiger partial charge on any atom is -0.468 e. The fourth-order valence-corrected chi connectivity index (χ4v) is 17.6. The van der Waals surface area contributed by atoms with Gasteiger partial charge in [-0.3, -0.25) is 14.8 Å². The Morgan fingerprint density at radius 1 is 0.956 bits per heavy atom. The first kappa shape index (κ1) is 48.2. The molecule has 9 rings (SSSR count). The lowest BCUT2D eigenvalue weighted by atomic mass is 9.88. The molecule has 6 heterocycles. The highest BCUT2D eigenvalue weighted by Gasteiger charge is 2.78. The normalized spacial score (nSPS) is 25.5. The molecule has 4 saturated heterocycles. The van der Waals surface area contributed by atoms with E-state index in [4.69, 9.17) is 28.9 Å². The van der Waals surface area contributed by atoms with E-state index in [0.717, 1.165) is 0 Å². The first-order valence-electron chi connectivity index (χ1n) is 24.0. The van der Waals surface area contributed by atoms with Crippen molar-refractivity contribution in [3.63, 3.8) is 0 Å². The number of hydrogen-bond donors (Lipinski definition) is 0. The van der Waals surface area contributed by atoms with Crippen LogP contribution in [0.25, 0.3) is 32.9 Å². The molecule has 0 radical (unpaired) electrons. The van der Waals surface area contributed by atoms with Crippen molar-refractivity contribution in [3.05, 3.63) is 47.7 Å². The highest BCUT2D eigenvalue weighted by molar-refractivity contribution is 6.90. The van der Waals surface area contributed by atoms with Gasteiger partial charge in [-0.05, 0) is 80.2 Å². The topological polar surface area (TPSA) is 102 Å². The first-order valence-corrected chi connectivity index (χ1v) is 26.2. The zero-order valence-corrected chi connectivity index (χ0v) is 41.7. The Morgan fingerprint density at radius 3 is 2.25 bits per heavy atom. The van der Waals surface area contributed by atoms with Crippen LogP contribution in [0.15, 0.2) is 30.5 Å². The average Bonchev–Trinajstić information content (AvgIpc) is 3.44.